The Morgan fingerprint density at radius 2 is 2.08 bits per heavy atom. The molecule has 134 valence electrons. The summed E-state index contributed by atoms with van der Waals surface area (Å²) in [5.74, 6) is -0.605. The maximum absolute atomic E-state index is 12.7. The van der Waals surface area contributed by atoms with Crippen LogP contribution in [0.4, 0.5) is 0 Å². The van der Waals surface area contributed by atoms with Crippen molar-refractivity contribution in [3.8, 4) is 0 Å². The van der Waals surface area contributed by atoms with E-state index < -0.39 is 5.97 Å². The average Bonchev–Trinajstić information content (AvgIpc) is 3.30. The first kappa shape index (κ1) is 17.1. The summed E-state index contributed by atoms with van der Waals surface area (Å²) < 4.78 is 8.19. The second kappa shape index (κ2) is 7.04. The van der Waals surface area contributed by atoms with Gasteiger partial charge in [-0.3, -0.25) is 4.79 Å². The molecule has 9 nitrogen and oxygen atoms in total. The Labute approximate surface area is 145 Å². The Bertz CT molecular complexity index is 766. The van der Waals surface area contributed by atoms with Gasteiger partial charge in [0.25, 0.3) is 5.91 Å². The molecule has 0 bridgehead atoms. The molecule has 1 aliphatic rings. The van der Waals surface area contributed by atoms with Crippen LogP contribution in [0.25, 0.3) is 0 Å². The molecule has 0 N–H and O–H groups in total. The summed E-state index contributed by atoms with van der Waals surface area (Å²) in [6, 6.07) is 0.242. The van der Waals surface area contributed by atoms with Crippen LogP contribution in [0.15, 0.2) is 18.7 Å². The lowest BCUT2D eigenvalue weighted by Gasteiger charge is -2.32. The van der Waals surface area contributed by atoms with E-state index in [-0.39, 0.29) is 23.7 Å². The van der Waals surface area contributed by atoms with Gasteiger partial charge in [0.15, 0.2) is 5.69 Å². The lowest BCUT2D eigenvalue weighted by molar-refractivity contribution is 0.0592. The first-order valence-electron chi connectivity index (χ1n) is 8.32. The number of amides is 1. The zero-order valence-electron chi connectivity index (χ0n) is 14.6. The molecule has 1 saturated heterocycles. The smallest absolute Gasteiger partial charge is 0.360 e. The number of ether oxygens (including phenoxy) is 1. The number of hydrogen-bond acceptors (Lipinski definition) is 6. The fraction of sp³-hybridized carbons (Fsp3) is 0.562. The minimum atomic E-state index is -0.519. The largest absolute Gasteiger partial charge is 0.464 e. The van der Waals surface area contributed by atoms with E-state index in [1.165, 1.54) is 7.11 Å². The topological polar surface area (TPSA) is 95.1 Å². The number of hydrogen-bond donors (Lipinski definition) is 0. The Morgan fingerprint density at radius 3 is 2.76 bits per heavy atom. The Kier molecular flexibility index (Phi) is 4.82. The monoisotopic (exact) mass is 346 g/mol. The van der Waals surface area contributed by atoms with Gasteiger partial charge in [-0.25, -0.2) is 14.5 Å². The van der Waals surface area contributed by atoms with E-state index in [1.54, 1.807) is 28.3 Å². The highest BCUT2D eigenvalue weighted by Gasteiger charge is 2.28. The van der Waals surface area contributed by atoms with Crippen LogP contribution >= 0.6 is 0 Å². The molecule has 2 aromatic heterocycles. The van der Waals surface area contributed by atoms with Crippen molar-refractivity contribution in [3.05, 3.63) is 30.1 Å². The van der Waals surface area contributed by atoms with Gasteiger partial charge in [0.1, 0.15) is 5.69 Å². The summed E-state index contributed by atoms with van der Waals surface area (Å²) in [4.78, 5) is 30.2. The van der Waals surface area contributed by atoms with E-state index in [2.05, 4.69) is 20.0 Å². The molecule has 25 heavy (non-hydrogen) atoms. The molecule has 1 aliphatic heterocycles. The number of esters is 1. The fourth-order valence-corrected chi connectivity index (χ4v) is 2.90. The first-order valence-corrected chi connectivity index (χ1v) is 8.32. The van der Waals surface area contributed by atoms with Crippen LogP contribution < -0.4 is 0 Å². The summed E-state index contributed by atoms with van der Waals surface area (Å²) in [5, 5.41) is 7.84. The Morgan fingerprint density at radius 1 is 1.28 bits per heavy atom. The molecule has 3 rings (SSSR count). The van der Waals surface area contributed by atoms with Gasteiger partial charge in [0.2, 0.25) is 0 Å². The lowest BCUT2D eigenvalue weighted by atomic mass is 10.1. The summed E-state index contributed by atoms with van der Waals surface area (Å²) in [6.45, 7) is 5.27. The van der Waals surface area contributed by atoms with E-state index in [0.29, 0.717) is 18.8 Å². The van der Waals surface area contributed by atoms with Crippen LogP contribution in [0.5, 0.6) is 0 Å². The zero-order chi connectivity index (χ0) is 18.0. The van der Waals surface area contributed by atoms with Crippen molar-refractivity contribution in [1.29, 1.82) is 0 Å². The average molecular weight is 346 g/mol. The van der Waals surface area contributed by atoms with Crippen LogP contribution in [0.3, 0.4) is 0 Å². The highest BCUT2D eigenvalue weighted by Crippen LogP contribution is 2.22. The minimum absolute atomic E-state index is 0.0178. The van der Waals surface area contributed by atoms with Crippen LogP contribution in [-0.2, 0) is 4.74 Å². The summed E-state index contributed by atoms with van der Waals surface area (Å²) in [6.07, 6.45) is 6.75. The third-order valence-corrected chi connectivity index (χ3v) is 4.38. The predicted octanol–water partition coefficient (Wildman–Crippen LogP) is 1.32. The number of nitrogens with zero attached hydrogens (tertiary/aromatic N) is 6. The standard InChI is InChI=1S/C16H22N6O3/c1-11(2)21-8-13(17-10-21)15(23)20-6-4-5-12(7-20)22-9-14(18-19-22)16(24)25-3/h8-12H,4-7H2,1-3H3/t12-/m1/s1. The van der Waals surface area contributed by atoms with Gasteiger partial charge in [-0.15, -0.1) is 5.10 Å². The molecule has 0 aliphatic carbocycles. The van der Waals surface area contributed by atoms with Gasteiger partial charge >= 0.3 is 5.97 Å². The zero-order valence-corrected chi connectivity index (χ0v) is 14.6. The molecule has 0 radical (unpaired) electrons. The van der Waals surface area contributed by atoms with Crippen LogP contribution in [0.1, 0.15) is 59.7 Å². The van der Waals surface area contributed by atoms with Gasteiger partial charge in [0, 0.05) is 25.3 Å². The molecule has 2 aromatic rings. The Balaban J connectivity index is 1.71. The first-order chi connectivity index (χ1) is 12.0. The molecule has 0 spiro atoms. The van der Waals surface area contributed by atoms with Gasteiger partial charge in [-0.2, -0.15) is 0 Å². The third-order valence-electron chi connectivity index (χ3n) is 4.38. The fourth-order valence-electron chi connectivity index (χ4n) is 2.90. The molecule has 1 fully saturated rings. The molecule has 1 atom stereocenters. The van der Waals surface area contributed by atoms with Crippen molar-refractivity contribution in [2.45, 2.75) is 38.8 Å². The predicted molar refractivity (Wildman–Crippen MR) is 88.1 cm³/mol. The van der Waals surface area contributed by atoms with Gasteiger partial charge in [-0.05, 0) is 26.7 Å². The highest BCUT2D eigenvalue weighted by atomic mass is 16.5. The maximum atomic E-state index is 12.7. The molecular weight excluding hydrogens is 324 g/mol. The van der Waals surface area contributed by atoms with E-state index in [1.807, 2.05) is 18.4 Å². The summed E-state index contributed by atoms with van der Waals surface area (Å²) in [7, 11) is 1.30. The number of carbonyl (C=O) groups excluding carboxylic acids is 2. The molecule has 3 heterocycles. The number of piperidine rings is 1. The van der Waals surface area contributed by atoms with Crippen molar-refractivity contribution in [2.24, 2.45) is 0 Å². The summed E-state index contributed by atoms with van der Waals surface area (Å²) in [5.41, 5.74) is 0.616. The van der Waals surface area contributed by atoms with Crippen LogP contribution in [-0.4, -0.2) is 61.5 Å². The van der Waals surface area contributed by atoms with Crippen LogP contribution in [0.2, 0.25) is 0 Å². The molecule has 0 aromatic carbocycles. The van der Waals surface area contributed by atoms with Gasteiger partial charge in [0.05, 0.1) is 25.7 Å². The van der Waals surface area contributed by atoms with Crippen LogP contribution in [0, 0.1) is 0 Å². The van der Waals surface area contributed by atoms with Crippen molar-refractivity contribution in [1.82, 2.24) is 29.4 Å². The molecule has 1 amide bonds. The van der Waals surface area contributed by atoms with Crippen molar-refractivity contribution >= 4 is 11.9 Å². The number of likely N-dealkylation sites (tertiary alicyclic amines) is 1. The second-order valence-electron chi connectivity index (χ2n) is 6.42. The number of aromatic nitrogens is 5. The second-order valence-corrected chi connectivity index (χ2v) is 6.42. The molecule has 0 unspecified atom stereocenters. The van der Waals surface area contributed by atoms with E-state index in [0.717, 1.165) is 12.8 Å². The van der Waals surface area contributed by atoms with E-state index in [9.17, 15) is 9.59 Å². The summed E-state index contributed by atoms with van der Waals surface area (Å²) >= 11 is 0. The molecular formula is C16H22N6O3. The number of rotatable bonds is 4. The third kappa shape index (κ3) is 3.54. The SMILES string of the molecule is COC(=O)c1cn([C@@H]2CCCN(C(=O)c3cn(C(C)C)cn3)C2)nn1. The van der Waals surface area contributed by atoms with E-state index in [4.69, 9.17) is 0 Å². The number of imidazole rings is 1. The van der Waals surface area contributed by atoms with Crippen molar-refractivity contribution in [2.75, 3.05) is 20.2 Å². The quantitative estimate of drug-likeness (QED) is 0.775. The van der Waals surface area contributed by atoms with Gasteiger partial charge in [-0.1, -0.05) is 5.21 Å². The van der Waals surface area contributed by atoms with Crippen molar-refractivity contribution in [3.63, 3.8) is 0 Å². The minimum Gasteiger partial charge on any atom is -0.464 e. The molecule has 9 heteroatoms. The number of carbonyl (C=O) groups is 2. The Hall–Kier alpha value is -2.71. The highest BCUT2D eigenvalue weighted by molar-refractivity contribution is 5.92. The normalized spacial score (nSPS) is 17.8. The lowest BCUT2D eigenvalue weighted by Crippen LogP contribution is -2.41. The van der Waals surface area contributed by atoms with Gasteiger partial charge < -0.3 is 14.2 Å². The van der Waals surface area contributed by atoms with Crippen molar-refractivity contribution < 1.29 is 14.3 Å². The molecule has 0 saturated carbocycles. The number of methoxy groups -OCH3 is 1. The van der Waals surface area contributed by atoms with E-state index >= 15 is 0 Å². The maximum Gasteiger partial charge on any atom is 0.360 e.